The molecule has 0 aromatic rings. The number of carbonyl (C=O) groups excluding carboxylic acids is 3. The Labute approximate surface area is 129 Å². The lowest BCUT2D eigenvalue weighted by atomic mass is 9.64. The van der Waals surface area contributed by atoms with Crippen LogP contribution in [0.4, 0.5) is 0 Å². The van der Waals surface area contributed by atoms with Gasteiger partial charge in [0.1, 0.15) is 0 Å². The zero-order chi connectivity index (χ0) is 17.4. The molecule has 1 unspecified atom stereocenters. The second-order valence-corrected chi connectivity index (χ2v) is 4.87. The van der Waals surface area contributed by atoms with E-state index in [-0.39, 0.29) is 19.4 Å². The molecular weight excluding hydrogens is 286 g/mol. The Morgan fingerprint density at radius 2 is 1.41 bits per heavy atom. The molecule has 0 aromatic carbocycles. The predicted octanol–water partition coefficient (Wildman–Crippen LogP) is -0.0876. The third-order valence-electron chi connectivity index (χ3n) is 3.50. The largest absolute Gasteiger partial charge is 0.370 e. The summed E-state index contributed by atoms with van der Waals surface area (Å²) in [5.41, 5.74) is 12.6. The molecule has 0 saturated carbocycles. The minimum atomic E-state index is -2.01. The van der Waals surface area contributed by atoms with Gasteiger partial charge in [-0.2, -0.15) is 0 Å². The maximum absolute atomic E-state index is 12.2. The number of carbonyl (C=O) groups is 3. The first kappa shape index (κ1) is 19.6. The highest BCUT2D eigenvalue weighted by atomic mass is 16.5. The first-order valence-electron chi connectivity index (χ1n) is 6.58. The predicted molar refractivity (Wildman–Crippen MR) is 83.1 cm³/mol. The molecule has 7 heteroatoms. The summed E-state index contributed by atoms with van der Waals surface area (Å²) in [5, 5.41) is 0. The van der Waals surface area contributed by atoms with Crippen LogP contribution in [0.25, 0.3) is 0 Å². The minimum absolute atomic E-state index is 0.0400. The van der Waals surface area contributed by atoms with E-state index in [1.165, 1.54) is 18.2 Å². The van der Waals surface area contributed by atoms with E-state index in [1.54, 1.807) is 0 Å². The van der Waals surface area contributed by atoms with Crippen molar-refractivity contribution in [3.63, 3.8) is 0 Å². The van der Waals surface area contributed by atoms with E-state index >= 15 is 0 Å². The summed E-state index contributed by atoms with van der Waals surface area (Å²) in [4.78, 5) is 35.8. The topological polar surface area (TPSA) is 138 Å². The van der Waals surface area contributed by atoms with Gasteiger partial charge in [-0.25, -0.2) is 0 Å². The highest BCUT2D eigenvalue weighted by molar-refractivity contribution is 5.97. The molecule has 0 fully saturated rings. The van der Waals surface area contributed by atoms with Gasteiger partial charge in [0.25, 0.3) is 5.91 Å². The van der Waals surface area contributed by atoms with Gasteiger partial charge in [0.05, 0.1) is 18.4 Å². The third-order valence-corrected chi connectivity index (χ3v) is 3.50. The van der Waals surface area contributed by atoms with E-state index in [9.17, 15) is 14.4 Å². The number of hydrogen-bond donors (Lipinski definition) is 3. The standard InChI is InChI=1S/C15H23N3O4/c1-4-7-14(8-5-2,12(17)20)15(13(18)21,10-11(16)19)22-9-6-3/h4-6H,1-3,7-10H2,(H2,16,19)(H2,17,20)(H2,18,21). The van der Waals surface area contributed by atoms with Crippen molar-refractivity contribution in [3.05, 3.63) is 38.0 Å². The fourth-order valence-electron chi connectivity index (χ4n) is 2.51. The molecule has 0 rings (SSSR count). The molecule has 122 valence electrons. The summed E-state index contributed by atoms with van der Waals surface area (Å²) < 4.78 is 5.49. The monoisotopic (exact) mass is 309 g/mol. The van der Waals surface area contributed by atoms with Crippen LogP contribution in [0, 0.1) is 5.41 Å². The Kier molecular flexibility index (Phi) is 7.24. The molecule has 0 heterocycles. The van der Waals surface area contributed by atoms with Crippen LogP contribution in [0.3, 0.4) is 0 Å². The number of allylic oxidation sites excluding steroid dienone is 2. The molecule has 1 atom stereocenters. The third kappa shape index (κ3) is 3.62. The highest BCUT2D eigenvalue weighted by Crippen LogP contribution is 2.44. The van der Waals surface area contributed by atoms with Crippen molar-refractivity contribution in [1.29, 1.82) is 0 Å². The van der Waals surface area contributed by atoms with Crippen LogP contribution in [0.5, 0.6) is 0 Å². The Hall–Kier alpha value is -2.41. The van der Waals surface area contributed by atoms with Crippen LogP contribution in [0.1, 0.15) is 19.3 Å². The Morgan fingerprint density at radius 1 is 0.909 bits per heavy atom. The average molecular weight is 309 g/mol. The van der Waals surface area contributed by atoms with E-state index in [0.29, 0.717) is 0 Å². The van der Waals surface area contributed by atoms with Crippen molar-refractivity contribution in [2.24, 2.45) is 22.6 Å². The highest BCUT2D eigenvalue weighted by Gasteiger charge is 2.60. The molecule has 0 aliphatic heterocycles. The smallest absolute Gasteiger partial charge is 0.251 e. The van der Waals surface area contributed by atoms with Gasteiger partial charge in [-0.3, -0.25) is 14.4 Å². The quantitative estimate of drug-likeness (QED) is 0.434. The molecule has 0 spiro atoms. The van der Waals surface area contributed by atoms with E-state index in [2.05, 4.69) is 19.7 Å². The minimum Gasteiger partial charge on any atom is -0.370 e. The Bertz CT molecular complexity index is 477. The average Bonchev–Trinajstić information content (AvgIpc) is 2.42. The van der Waals surface area contributed by atoms with Gasteiger partial charge in [-0.15, -0.1) is 19.7 Å². The fourth-order valence-corrected chi connectivity index (χ4v) is 2.51. The normalized spacial score (nSPS) is 13.6. The van der Waals surface area contributed by atoms with E-state index < -0.39 is 35.2 Å². The molecular formula is C15H23N3O4. The van der Waals surface area contributed by atoms with Crippen molar-refractivity contribution in [2.75, 3.05) is 6.61 Å². The SMILES string of the molecule is C=CCOC(CC(N)=O)(C(N)=O)C(CC=C)(CC=C)C(N)=O. The first-order chi connectivity index (χ1) is 10.2. The summed E-state index contributed by atoms with van der Waals surface area (Å²) in [6, 6.07) is 0. The number of hydrogen-bond acceptors (Lipinski definition) is 4. The van der Waals surface area contributed by atoms with Gasteiger partial charge in [0.15, 0.2) is 5.60 Å². The van der Waals surface area contributed by atoms with Gasteiger partial charge < -0.3 is 21.9 Å². The number of rotatable bonds is 12. The second-order valence-electron chi connectivity index (χ2n) is 4.87. The van der Waals surface area contributed by atoms with Crippen LogP contribution < -0.4 is 17.2 Å². The summed E-state index contributed by atoms with van der Waals surface area (Å²) in [6.45, 7) is 10.5. The van der Waals surface area contributed by atoms with Gasteiger partial charge in [0.2, 0.25) is 11.8 Å². The molecule has 22 heavy (non-hydrogen) atoms. The van der Waals surface area contributed by atoms with Gasteiger partial charge in [-0.05, 0) is 12.8 Å². The van der Waals surface area contributed by atoms with Crippen molar-refractivity contribution < 1.29 is 19.1 Å². The zero-order valence-corrected chi connectivity index (χ0v) is 12.5. The maximum atomic E-state index is 12.2. The molecule has 7 nitrogen and oxygen atoms in total. The molecule has 0 saturated heterocycles. The number of amides is 3. The summed E-state index contributed by atoms with van der Waals surface area (Å²) in [5.74, 6) is -2.74. The van der Waals surface area contributed by atoms with Crippen molar-refractivity contribution in [1.82, 2.24) is 0 Å². The van der Waals surface area contributed by atoms with Crippen LogP contribution in [0.2, 0.25) is 0 Å². The molecule has 0 aliphatic carbocycles. The van der Waals surface area contributed by atoms with Crippen molar-refractivity contribution in [3.8, 4) is 0 Å². The van der Waals surface area contributed by atoms with Crippen LogP contribution >= 0.6 is 0 Å². The zero-order valence-electron chi connectivity index (χ0n) is 12.5. The summed E-state index contributed by atoms with van der Waals surface area (Å²) in [7, 11) is 0. The number of ether oxygens (including phenoxy) is 1. The molecule has 3 amide bonds. The lowest BCUT2D eigenvalue weighted by Gasteiger charge is -2.44. The molecule has 0 aromatic heterocycles. The summed E-state index contributed by atoms with van der Waals surface area (Å²) >= 11 is 0. The van der Waals surface area contributed by atoms with Gasteiger partial charge in [-0.1, -0.05) is 18.2 Å². The summed E-state index contributed by atoms with van der Waals surface area (Å²) in [6.07, 6.45) is 3.46. The van der Waals surface area contributed by atoms with Crippen molar-refractivity contribution >= 4 is 17.7 Å². The number of nitrogens with two attached hydrogens (primary N) is 3. The van der Waals surface area contributed by atoms with Gasteiger partial charge in [0, 0.05) is 0 Å². The molecule has 0 aliphatic rings. The van der Waals surface area contributed by atoms with Gasteiger partial charge >= 0.3 is 0 Å². The Balaban J connectivity index is 6.43. The Morgan fingerprint density at radius 3 is 1.68 bits per heavy atom. The first-order valence-corrected chi connectivity index (χ1v) is 6.58. The molecule has 0 radical (unpaired) electrons. The van der Waals surface area contributed by atoms with Crippen LogP contribution in [-0.2, 0) is 19.1 Å². The number of primary amides is 3. The van der Waals surface area contributed by atoms with Crippen molar-refractivity contribution in [2.45, 2.75) is 24.9 Å². The lowest BCUT2D eigenvalue weighted by Crippen LogP contribution is -2.64. The molecule has 6 N–H and O–H groups in total. The lowest BCUT2D eigenvalue weighted by molar-refractivity contribution is -0.176. The molecule has 0 bridgehead atoms. The van der Waals surface area contributed by atoms with E-state index in [1.807, 2.05) is 0 Å². The van der Waals surface area contributed by atoms with Crippen LogP contribution in [0.15, 0.2) is 38.0 Å². The second kappa shape index (κ2) is 8.14. The van der Waals surface area contributed by atoms with E-state index in [4.69, 9.17) is 21.9 Å². The fraction of sp³-hybridized carbons (Fsp3) is 0.400. The van der Waals surface area contributed by atoms with E-state index in [0.717, 1.165) is 0 Å². The maximum Gasteiger partial charge on any atom is 0.251 e. The van der Waals surface area contributed by atoms with Crippen LogP contribution in [-0.4, -0.2) is 29.9 Å².